The quantitative estimate of drug-likeness (QED) is 0.122. The molecule has 0 radical (unpaired) electrons. The summed E-state index contributed by atoms with van der Waals surface area (Å²) in [7, 11) is 0. The molecular weight excluding hydrogens is 641 g/mol. The third-order valence-corrected chi connectivity index (χ3v) is 11.4. The van der Waals surface area contributed by atoms with Crippen LogP contribution in [-0.2, 0) is 0 Å². The molecule has 0 fully saturated rings. The Kier molecular flexibility index (Phi) is 8.78. The molecule has 2 aliphatic heterocycles. The predicted molar refractivity (Wildman–Crippen MR) is 229 cm³/mol. The maximum Gasteiger partial charge on any atom is 0.252 e. The maximum absolute atomic E-state index is 7.82. The van der Waals surface area contributed by atoms with Crippen LogP contribution in [-0.4, -0.2) is 6.71 Å². The number of rotatable bonds is 7. The number of hydrogen-bond acceptors (Lipinski definition) is 2. The lowest BCUT2D eigenvalue weighted by atomic mass is 9.33. The zero-order chi connectivity index (χ0) is 37.1. The Hall–Kier alpha value is -5.53. The van der Waals surface area contributed by atoms with Crippen molar-refractivity contribution in [3.05, 3.63) is 155 Å². The van der Waals surface area contributed by atoms with Crippen molar-refractivity contribution < 1.29 is 0 Å². The summed E-state index contributed by atoms with van der Waals surface area (Å²) in [5, 5.41) is 0. The third-order valence-electron chi connectivity index (χ3n) is 11.4. The molecule has 0 aliphatic carbocycles. The van der Waals surface area contributed by atoms with Gasteiger partial charge in [0.2, 0.25) is 0 Å². The minimum Gasteiger partial charge on any atom is -0.311 e. The van der Waals surface area contributed by atoms with Gasteiger partial charge in [-0.1, -0.05) is 122 Å². The topological polar surface area (TPSA) is 10.8 Å². The molecule has 8 rings (SSSR count). The summed E-state index contributed by atoms with van der Waals surface area (Å²) in [5.41, 5.74) is 19.3. The highest BCUT2D eigenvalue weighted by Gasteiger charge is 2.44. The molecule has 0 aromatic heterocycles. The van der Waals surface area contributed by atoms with E-state index < -0.39 is 0 Å². The summed E-state index contributed by atoms with van der Waals surface area (Å²) in [6.07, 6.45) is 0. The minimum absolute atomic E-state index is 0.0448. The number of fused-ring (bicyclic) bond motifs is 4. The molecule has 4 heteroatoms. The largest absolute Gasteiger partial charge is 0.311 e. The van der Waals surface area contributed by atoms with Gasteiger partial charge in [-0.05, 0) is 128 Å². The van der Waals surface area contributed by atoms with Gasteiger partial charge in [-0.15, -0.1) is 0 Å². The van der Waals surface area contributed by atoms with Crippen LogP contribution in [0.1, 0.15) is 101 Å². The van der Waals surface area contributed by atoms with Crippen LogP contribution >= 0.6 is 0 Å². The molecule has 0 saturated heterocycles. The van der Waals surface area contributed by atoms with Gasteiger partial charge >= 0.3 is 0 Å². The van der Waals surface area contributed by atoms with Crippen molar-refractivity contribution in [3.8, 4) is 11.1 Å². The summed E-state index contributed by atoms with van der Waals surface area (Å²) in [6, 6.07) is 45.5. The highest BCUT2D eigenvalue weighted by atomic mass is 15.2. The molecule has 0 amide bonds. The van der Waals surface area contributed by atoms with E-state index in [9.17, 15) is 0 Å². The zero-order valence-electron chi connectivity index (χ0n) is 32.3. The second kappa shape index (κ2) is 13.5. The van der Waals surface area contributed by atoms with Crippen molar-refractivity contribution in [2.45, 2.75) is 79.1 Å². The average molecular weight is 690 g/mol. The highest BCUT2D eigenvalue weighted by molar-refractivity contribution is 7.00. The molecule has 2 aliphatic rings. The fraction of sp³-hybridized carbons (Fsp3) is 0.245. The van der Waals surface area contributed by atoms with Gasteiger partial charge in [0.1, 0.15) is 0 Å². The monoisotopic (exact) mass is 689 g/mol. The summed E-state index contributed by atoms with van der Waals surface area (Å²) in [5.74, 6) is 1.70. The summed E-state index contributed by atoms with van der Waals surface area (Å²) < 4.78 is 0. The Balaban J connectivity index is 1.50. The summed E-state index contributed by atoms with van der Waals surface area (Å²) in [4.78, 5) is 8.81. The van der Waals surface area contributed by atoms with E-state index in [0.717, 1.165) is 22.5 Å². The van der Waals surface area contributed by atoms with Crippen molar-refractivity contribution in [1.29, 1.82) is 0 Å². The van der Waals surface area contributed by atoms with Gasteiger partial charge in [-0.3, -0.25) is 0 Å². The van der Waals surface area contributed by atoms with Crippen LogP contribution in [0.3, 0.4) is 0 Å². The molecule has 0 spiro atoms. The van der Waals surface area contributed by atoms with Gasteiger partial charge < -0.3 is 9.80 Å². The SMILES string of the molecule is [C-]#[N+]c1cccc(-c2cc3c4c(c2)N(c2ccc(C(C)C)cc2)c2ccc(C(C)C)cc2B4c2cc(C(C)C)ccc2N3c2ccc(C(C)C)cc2)c1. The summed E-state index contributed by atoms with van der Waals surface area (Å²) >= 11 is 0. The lowest BCUT2D eigenvalue weighted by molar-refractivity contribution is 0.866. The molecule has 6 aromatic rings. The first-order valence-corrected chi connectivity index (χ1v) is 19.3. The van der Waals surface area contributed by atoms with E-state index in [0.29, 0.717) is 29.4 Å². The normalized spacial score (nSPS) is 13.1. The van der Waals surface area contributed by atoms with Gasteiger partial charge in [0.25, 0.3) is 6.71 Å². The fourth-order valence-corrected chi connectivity index (χ4v) is 8.26. The predicted octanol–water partition coefficient (Wildman–Crippen LogP) is 12.5. The Morgan fingerprint density at radius 1 is 0.453 bits per heavy atom. The Morgan fingerprint density at radius 2 is 0.887 bits per heavy atom. The van der Waals surface area contributed by atoms with Crippen molar-refractivity contribution in [1.82, 2.24) is 0 Å². The van der Waals surface area contributed by atoms with E-state index in [-0.39, 0.29) is 6.71 Å². The number of anilines is 6. The molecular formula is C49H48BN3. The molecule has 0 bridgehead atoms. The maximum atomic E-state index is 7.82. The van der Waals surface area contributed by atoms with Crippen LogP contribution in [0.4, 0.5) is 39.8 Å². The molecule has 0 saturated carbocycles. The summed E-state index contributed by atoms with van der Waals surface area (Å²) in [6.45, 7) is 26.1. The molecule has 0 atom stereocenters. The van der Waals surface area contributed by atoms with Gasteiger partial charge in [0.05, 0.1) is 6.57 Å². The second-order valence-electron chi connectivity index (χ2n) is 16.1. The van der Waals surface area contributed by atoms with E-state index >= 15 is 0 Å². The smallest absolute Gasteiger partial charge is 0.252 e. The number of benzene rings is 6. The lowest BCUT2D eigenvalue weighted by Gasteiger charge is -2.45. The lowest BCUT2D eigenvalue weighted by Crippen LogP contribution is -2.61. The molecule has 0 unspecified atom stereocenters. The van der Waals surface area contributed by atoms with Gasteiger partial charge in [-0.2, -0.15) is 0 Å². The number of hydrogen-bond donors (Lipinski definition) is 0. The first kappa shape index (κ1) is 34.6. The van der Waals surface area contributed by atoms with Crippen LogP contribution in [0.25, 0.3) is 16.0 Å². The van der Waals surface area contributed by atoms with Gasteiger partial charge in [-0.25, -0.2) is 4.85 Å². The van der Waals surface area contributed by atoms with Crippen LogP contribution in [0, 0.1) is 6.57 Å². The van der Waals surface area contributed by atoms with E-state index in [1.54, 1.807) is 0 Å². The Bertz CT molecular complexity index is 2240. The molecule has 3 nitrogen and oxygen atoms in total. The van der Waals surface area contributed by atoms with E-state index in [4.69, 9.17) is 6.57 Å². The van der Waals surface area contributed by atoms with Gasteiger partial charge in [0.15, 0.2) is 5.69 Å². The highest BCUT2D eigenvalue weighted by Crippen LogP contribution is 2.47. The molecule has 0 N–H and O–H groups in total. The van der Waals surface area contributed by atoms with E-state index in [2.05, 4.69) is 173 Å². The first-order valence-electron chi connectivity index (χ1n) is 19.3. The Labute approximate surface area is 316 Å². The van der Waals surface area contributed by atoms with Crippen LogP contribution in [0.15, 0.2) is 121 Å². The Morgan fingerprint density at radius 3 is 1.30 bits per heavy atom. The first-order chi connectivity index (χ1) is 25.5. The van der Waals surface area contributed by atoms with Crippen molar-refractivity contribution in [2.24, 2.45) is 0 Å². The fourth-order valence-electron chi connectivity index (χ4n) is 8.26. The van der Waals surface area contributed by atoms with Crippen molar-refractivity contribution >= 4 is 62.9 Å². The standard InChI is InChI=1S/C49H48BN3/c1-30(2)34-13-19-41(20-14-34)52-45-23-17-36(32(5)6)26-43(45)50-44-27-37(33(7)8)18-24-46(44)53(42-21-15-35(16-22-42)31(3)4)48-29-39(28-47(52)49(48)50)38-11-10-12-40(25-38)51-9/h10-33H,1-8H3. The molecule has 2 heterocycles. The average Bonchev–Trinajstić information content (AvgIpc) is 3.17. The molecule has 6 aromatic carbocycles. The molecule has 53 heavy (non-hydrogen) atoms. The van der Waals surface area contributed by atoms with Crippen molar-refractivity contribution in [2.75, 3.05) is 9.80 Å². The van der Waals surface area contributed by atoms with Crippen LogP contribution < -0.4 is 26.2 Å². The van der Waals surface area contributed by atoms with E-state index in [1.165, 1.54) is 61.4 Å². The van der Waals surface area contributed by atoms with Crippen LogP contribution in [0.2, 0.25) is 0 Å². The number of nitrogens with zero attached hydrogens (tertiary/aromatic N) is 3. The van der Waals surface area contributed by atoms with Crippen molar-refractivity contribution in [3.63, 3.8) is 0 Å². The van der Waals surface area contributed by atoms with E-state index in [1.807, 2.05) is 18.2 Å². The third kappa shape index (κ3) is 5.93. The minimum atomic E-state index is 0.0448. The van der Waals surface area contributed by atoms with Crippen LogP contribution in [0.5, 0.6) is 0 Å². The second-order valence-corrected chi connectivity index (χ2v) is 16.1. The zero-order valence-corrected chi connectivity index (χ0v) is 32.3. The molecule has 262 valence electrons. The van der Waals surface area contributed by atoms with Gasteiger partial charge in [0, 0.05) is 34.1 Å².